The summed E-state index contributed by atoms with van der Waals surface area (Å²) in [6, 6.07) is 0. The molecule has 0 aliphatic rings. The van der Waals surface area contributed by atoms with Gasteiger partial charge in [0.1, 0.15) is 5.82 Å². The zero-order valence-corrected chi connectivity index (χ0v) is 10.9. The Morgan fingerprint density at radius 2 is 2.24 bits per heavy atom. The number of nitrogens with one attached hydrogen (secondary N) is 3. The van der Waals surface area contributed by atoms with Crippen LogP contribution in [0.4, 0.5) is 0 Å². The maximum Gasteiger partial charge on any atom is 0.257 e. The van der Waals surface area contributed by atoms with Gasteiger partial charge in [-0.15, -0.1) is 0 Å². The van der Waals surface area contributed by atoms with E-state index < -0.39 is 15.4 Å². The van der Waals surface area contributed by atoms with Gasteiger partial charge in [0.25, 0.3) is 10.0 Å². The number of H-pyrrole nitrogens is 1. The minimum Gasteiger partial charge on any atom is -0.387 e. The molecule has 0 saturated carbocycles. The highest BCUT2D eigenvalue weighted by molar-refractivity contribution is 7.89. The van der Waals surface area contributed by atoms with Crippen molar-refractivity contribution in [3.05, 3.63) is 12.0 Å². The van der Waals surface area contributed by atoms with Crippen LogP contribution in [-0.2, 0) is 10.0 Å². The molecule has 1 aromatic heterocycles. The van der Waals surface area contributed by atoms with Gasteiger partial charge < -0.3 is 10.7 Å². The number of rotatable bonds is 5. The molecule has 0 spiro atoms. The zero-order valence-electron chi connectivity index (χ0n) is 10.0. The normalized spacial score (nSPS) is 12.6. The summed E-state index contributed by atoms with van der Waals surface area (Å²) >= 11 is 0. The lowest BCUT2D eigenvalue weighted by Crippen LogP contribution is -2.42. The van der Waals surface area contributed by atoms with Crippen molar-refractivity contribution in [3.63, 3.8) is 0 Å². The topological polar surface area (TPSA) is 125 Å². The molecule has 1 aromatic rings. The molecule has 0 aliphatic heterocycles. The number of nitrogens with two attached hydrogens (primary N) is 1. The predicted molar refractivity (Wildman–Crippen MR) is 64.2 cm³/mol. The summed E-state index contributed by atoms with van der Waals surface area (Å²) in [4.78, 5) is 6.46. The van der Waals surface area contributed by atoms with E-state index in [1.54, 1.807) is 20.8 Å². The summed E-state index contributed by atoms with van der Waals surface area (Å²) in [5, 5.41) is 7.35. The molecule has 0 amide bonds. The first kappa shape index (κ1) is 13.7. The molecule has 7 nitrogen and oxygen atoms in total. The number of amidine groups is 1. The largest absolute Gasteiger partial charge is 0.387 e. The van der Waals surface area contributed by atoms with Crippen LogP contribution in [-0.4, -0.2) is 30.8 Å². The Kier molecular flexibility index (Phi) is 3.58. The lowest BCUT2D eigenvalue weighted by Gasteiger charge is -2.22. The number of imidazole rings is 1. The molecular formula is C9H17N5O2S. The van der Waals surface area contributed by atoms with Crippen molar-refractivity contribution in [2.45, 2.75) is 25.8 Å². The Morgan fingerprint density at radius 1 is 1.65 bits per heavy atom. The number of sulfonamides is 1. The van der Waals surface area contributed by atoms with Gasteiger partial charge in [-0.1, -0.05) is 13.8 Å². The summed E-state index contributed by atoms with van der Waals surface area (Å²) in [5.41, 5.74) is 4.65. The minimum absolute atomic E-state index is 0.00866. The van der Waals surface area contributed by atoms with Gasteiger partial charge in [0.15, 0.2) is 5.03 Å². The molecule has 5 N–H and O–H groups in total. The van der Waals surface area contributed by atoms with Crippen LogP contribution in [0.5, 0.6) is 0 Å². The fraction of sp³-hybridized carbons (Fsp3) is 0.556. The van der Waals surface area contributed by atoms with E-state index >= 15 is 0 Å². The number of aryl methyl sites for hydroxylation is 1. The van der Waals surface area contributed by atoms with Crippen molar-refractivity contribution in [2.75, 3.05) is 6.54 Å². The van der Waals surface area contributed by atoms with Crippen LogP contribution in [0.3, 0.4) is 0 Å². The summed E-state index contributed by atoms with van der Waals surface area (Å²) in [6.07, 6.45) is 1.25. The molecule has 0 radical (unpaired) electrons. The molecule has 0 saturated heterocycles. The highest BCUT2D eigenvalue weighted by atomic mass is 32.2. The standard InChI is InChI=1S/C9H17N5O2S/c1-6-12-4-7(14-6)17(15,16)13-5-9(2,3)8(10)11/h4,13H,5H2,1-3H3,(H3,10,11)(H,12,14). The van der Waals surface area contributed by atoms with Crippen LogP contribution >= 0.6 is 0 Å². The average molecular weight is 259 g/mol. The number of hydrogen-bond acceptors (Lipinski definition) is 4. The van der Waals surface area contributed by atoms with Gasteiger partial charge in [-0.3, -0.25) is 5.41 Å². The summed E-state index contributed by atoms with van der Waals surface area (Å²) in [6.45, 7) is 5.10. The molecule has 0 fully saturated rings. The van der Waals surface area contributed by atoms with Gasteiger partial charge in [0.05, 0.1) is 12.0 Å². The summed E-state index contributed by atoms with van der Waals surface area (Å²) < 4.78 is 26.0. The van der Waals surface area contributed by atoms with Crippen molar-refractivity contribution in [3.8, 4) is 0 Å². The molecule has 1 rings (SSSR count). The first-order valence-electron chi connectivity index (χ1n) is 5.01. The summed E-state index contributed by atoms with van der Waals surface area (Å²) in [7, 11) is -3.63. The van der Waals surface area contributed by atoms with Crippen LogP contribution in [0.1, 0.15) is 19.7 Å². The van der Waals surface area contributed by atoms with Crippen LogP contribution in [0, 0.1) is 17.7 Å². The maximum atomic E-state index is 11.8. The second kappa shape index (κ2) is 4.46. The molecule has 96 valence electrons. The smallest absolute Gasteiger partial charge is 0.257 e. The van der Waals surface area contributed by atoms with Crippen LogP contribution in [0.2, 0.25) is 0 Å². The third-order valence-electron chi connectivity index (χ3n) is 2.40. The average Bonchev–Trinajstić information content (AvgIpc) is 2.63. The van der Waals surface area contributed by atoms with E-state index in [0.29, 0.717) is 5.82 Å². The SMILES string of the molecule is Cc1ncc(S(=O)(=O)NCC(C)(C)C(=N)N)[nH]1. The Labute approximate surface area is 100 Å². The number of nitrogens with zero attached hydrogens (tertiary/aromatic N) is 1. The Morgan fingerprint density at radius 3 is 2.65 bits per heavy atom. The van der Waals surface area contributed by atoms with E-state index in [9.17, 15) is 8.42 Å². The summed E-state index contributed by atoms with van der Waals surface area (Å²) in [5.74, 6) is 0.456. The van der Waals surface area contributed by atoms with Gasteiger partial charge >= 0.3 is 0 Å². The van der Waals surface area contributed by atoms with E-state index in [4.69, 9.17) is 11.1 Å². The first-order valence-corrected chi connectivity index (χ1v) is 6.49. The van der Waals surface area contributed by atoms with Gasteiger partial charge in [-0.25, -0.2) is 18.1 Å². The monoisotopic (exact) mass is 259 g/mol. The molecule has 0 atom stereocenters. The third kappa shape index (κ3) is 3.27. The van der Waals surface area contributed by atoms with Gasteiger partial charge in [-0.05, 0) is 6.92 Å². The highest BCUT2D eigenvalue weighted by Crippen LogP contribution is 2.14. The highest BCUT2D eigenvalue weighted by Gasteiger charge is 2.25. The van der Waals surface area contributed by atoms with Crippen LogP contribution in [0.15, 0.2) is 11.2 Å². The molecule has 0 bridgehead atoms. The van der Waals surface area contributed by atoms with E-state index in [1.165, 1.54) is 6.20 Å². The Balaban J connectivity index is 2.79. The molecule has 1 heterocycles. The van der Waals surface area contributed by atoms with Crippen molar-refractivity contribution >= 4 is 15.9 Å². The van der Waals surface area contributed by atoms with E-state index in [-0.39, 0.29) is 17.4 Å². The van der Waals surface area contributed by atoms with Gasteiger partial charge in [0, 0.05) is 12.0 Å². The first-order chi connectivity index (χ1) is 7.65. The van der Waals surface area contributed by atoms with E-state index in [2.05, 4.69) is 14.7 Å². The molecular weight excluding hydrogens is 242 g/mol. The Bertz CT molecular complexity index is 517. The lowest BCUT2D eigenvalue weighted by atomic mass is 9.93. The molecule has 0 aromatic carbocycles. The van der Waals surface area contributed by atoms with Crippen molar-refractivity contribution in [1.82, 2.24) is 14.7 Å². The Hall–Kier alpha value is -1.41. The van der Waals surface area contributed by atoms with E-state index in [1.807, 2.05) is 0 Å². The van der Waals surface area contributed by atoms with Crippen LogP contribution < -0.4 is 10.5 Å². The van der Waals surface area contributed by atoms with Crippen LogP contribution in [0.25, 0.3) is 0 Å². The number of hydrogen-bond donors (Lipinski definition) is 4. The molecule has 8 heteroatoms. The fourth-order valence-corrected chi connectivity index (χ4v) is 2.16. The lowest BCUT2D eigenvalue weighted by molar-refractivity contribution is 0.492. The molecule has 0 unspecified atom stereocenters. The second-order valence-corrected chi connectivity index (χ2v) is 6.19. The number of aromatic nitrogens is 2. The van der Waals surface area contributed by atoms with Gasteiger partial charge in [-0.2, -0.15) is 0 Å². The van der Waals surface area contributed by atoms with Crippen molar-refractivity contribution < 1.29 is 8.42 Å². The molecule has 17 heavy (non-hydrogen) atoms. The van der Waals surface area contributed by atoms with E-state index in [0.717, 1.165) is 0 Å². The predicted octanol–water partition coefficient (Wildman–Crippen LogP) is -0.0414. The van der Waals surface area contributed by atoms with Crippen molar-refractivity contribution in [2.24, 2.45) is 11.1 Å². The quantitative estimate of drug-likeness (QED) is 0.437. The second-order valence-electron chi connectivity index (χ2n) is 4.45. The molecule has 0 aliphatic carbocycles. The van der Waals surface area contributed by atoms with Gasteiger partial charge in [0.2, 0.25) is 0 Å². The minimum atomic E-state index is -3.63. The zero-order chi connectivity index (χ0) is 13.3. The number of aromatic amines is 1. The third-order valence-corrected chi connectivity index (χ3v) is 3.71. The van der Waals surface area contributed by atoms with Crippen molar-refractivity contribution in [1.29, 1.82) is 5.41 Å². The fourth-order valence-electron chi connectivity index (χ4n) is 0.983. The maximum absolute atomic E-state index is 11.8.